The number of nitriles is 1. The molecule has 0 aliphatic carbocycles. The number of anilines is 1. The van der Waals surface area contributed by atoms with Crippen molar-refractivity contribution in [1.82, 2.24) is 0 Å². The molecule has 1 rings (SSSR count). The van der Waals surface area contributed by atoms with Crippen LogP contribution in [0.2, 0.25) is 0 Å². The fraction of sp³-hybridized carbons (Fsp3) is 0.364. The Bertz CT molecular complexity index is 466. The van der Waals surface area contributed by atoms with Crippen molar-refractivity contribution in [3.8, 4) is 6.07 Å². The Morgan fingerprint density at radius 1 is 1.65 bits per heavy atom. The molecule has 0 saturated carbocycles. The maximum absolute atomic E-state index is 10.8. The van der Waals surface area contributed by atoms with Gasteiger partial charge in [0.1, 0.15) is 11.6 Å². The SMILES string of the molecule is CC(O)CN(C)c1ccc(C#N)c([N+](=O)[O-])c1. The molecule has 1 aromatic carbocycles. The normalized spacial score (nSPS) is 11.6. The average molecular weight is 235 g/mol. The highest BCUT2D eigenvalue weighted by Gasteiger charge is 2.16. The minimum Gasteiger partial charge on any atom is -0.392 e. The van der Waals surface area contributed by atoms with Gasteiger partial charge in [0.15, 0.2) is 0 Å². The first-order valence-electron chi connectivity index (χ1n) is 5.03. The number of nitrogens with zero attached hydrogens (tertiary/aromatic N) is 3. The van der Waals surface area contributed by atoms with Crippen LogP contribution in [0, 0.1) is 21.4 Å². The zero-order valence-corrected chi connectivity index (χ0v) is 9.62. The Hall–Kier alpha value is -2.13. The number of nitro benzene ring substituents is 1. The largest absolute Gasteiger partial charge is 0.392 e. The van der Waals surface area contributed by atoms with Gasteiger partial charge in [0.2, 0.25) is 0 Å². The van der Waals surface area contributed by atoms with Crippen molar-refractivity contribution in [2.45, 2.75) is 13.0 Å². The summed E-state index contributed by atoms with van der Waals surface area (Å²) in [6.45, 7) is 2.00. The van der Waals surface area contributed by atoms with Gasteiger partial charge in [0.25, 0.3) is 5.69 Å². The van der Waals surface area contributed by atoms with E-state index < -0.39 is 11.0 Å². The average Bonchev–Trinajstić information content (AvgIpc) is 2.27. The highest BCUT2D eigenvalue weighted by molar-refractivity contribution is 5.60. The van der Waals surface area contributed by atoms with E-state index >= 15 is 0 Å². The van der Waals surface area contributed by atoms with Crippen LogP contribution in [0.15, 0.2) is 18.2 Å². The van der Waals surface area contributed by atoms with Crippen molar-refractivity contribution < 1.29 is 10.0 Å². The molecule has 0 radical (unpaired) electrons. The van der Waals surface area contributed by atoms with Gasteiger partial charge in [0.05, 0.1) is 11.0 Å². The van der Waals surface area contributed by atoms with Crippen molar-refractivity contribution in [1.29, 1.82) is 5.26 Å². The molecule has 0 aromatic heterocycles. The molecule has 0 amide bonds. The maximum Gasteiger partial charge on any atom is 0.289 e. The molecule has 0 fully saturated rings. The van der Waals surface area contributed by atoms with Crippen molar-refractivity contribution in [3.05, 3.63) is 33.9 Å². The van der Waals surface area contributed by atoms with Crippen molar-refractivity contribution in [2.24, 2.45) is 0 Å². The van der Waals surface area contributed by atoms with Crippen molar-refractivity contribution >= 4 is 11.4 Å². The summed E-state index contributed by atoms with van der Waals surface area (Å²) in [5, 5.41) is 28.7. The number of aliphatic hydroxyl groups is 1. The van der Waals surface area contributed by atoms with Gasteiger partial charge in [-0.05, 0) is 19.1 Å². The molecule has 90 valence electrons. The number of hydrogen-bond donors (Lipinski definition) is 1. The van der Waals surface area contributed by atoms with Gasteiger partial charge in [0, 0.05) is 25.3 Å². The van der Waals surface area contributed by atoms with Crippen LogP contribution in [0.1, 0.15) is 12.5 Å². The van der Waals surface area contributed by atoms with E-state index in [1.165, 1.54) is 12.1 Å². The molecule has 1 unspecified atom stereocenters. The lowest BCUT2D eigenvalue weighted by Gasteiger charge is -2.20. The Kier molecular flexibility index (Phi) is 4.01. The maximum atomic E-state index is 10.8. The minimum atomic E-state index is -0.585. The van der Waals surface area contributed by atoms with Crippen LogP contribution in [0.4, 0.5) is 11.4 Å². The summed E-state index contributed by atoms with van der Waals surface area (Å²) >= 11 is 0. The van der Waals surface area contributed by atoms with Crippen LogP contribution >= 0.6 is 0 Å². The molecular weight excluding hydrogens is 222 g/mol. The molecule has 0 spiro atoms. The Balaban J connectivity index is 3.09. The van der Waals surface area contributed by atoms with E-state index in [0.29, 0.717) is 12.2 Å². The summed E-state index contributed by atoms with van der Waals surface area (Å²) in [6, 6.07) is 6.14. The number of nitro groups is 1. The molecule has 1 aromatic rings. The summed E-state index contributed by atoms with van der Waals surface area (Å²) in [4.78, 5) is 11.9. The molecule has 1 N–H and O–H groups in total. The molecule has 1 atom stereocenters. The lowest BCUT2D eigenvalue weighted by molar-refractivity contribution is -0.385. The highest BCUT2D eigenvalue weighted by Crippen LogP contribution is 2.24. The van der Waals surface area contributed by atoms with E-state index in [1.807, 2.05) is 0 Å². The van der Waals surface area contributed by atoms with E-state index in [1.54, 1.807) is 31.0 Å². The molecule has 17 heavy (non-hydrogen) atoms. The van der Waals surface area contributed by atoms with Crippen LogP contribution < -0.4 is 4.90 Å². The second-order valence-corrected chi connectivity index (χ2v) is 3.80. The summed E-state index contributed by atoms with van der Waals surface area (Å²) in [7, 11) is 1.72. The van der Waals surface area contributed by atoms with E-state index in [9.17, 15) is 15.2 Å². The predicted octanol–water partition coefficient (Wildman–Crippen LogP) is 1.28. The number of aliphatic hydroxyl groups excluding tert-OH is 1. The second kappa shape index (κ2) is 5.27. The van der Waals surface area contributed by atoms with Crippen molar-refractivity contribution in [3.63, 3.8) is 0 Å². The first-order valence-corrected chi connectivity index (χ1v) is 5.03. The quantitative estimate of drug-likeness (QED) is 0.627. The summed E-state index contributed by atoms with van der Waals surface area (Å²) in [5.74, 6) is 0. The molecule has 0 bridgehead atoms. The predicted molar refractivity (Wildman–Crippen MR) is 62.8 cm³/mol. The van der Waals surface area contributed by atoms with Gasteiger partial charge in [-0.1, -0.05) is 0 Å². The Morgan fingerprint density at radius 3 is 2.76 bits per heavy atom. The molecule has 0 saturated heterocycles. The van der Waals surface area contributed by atoms with E-state index in [0.717, 1.165) is 0 Å². The van der Waals surface area contributed by atoms with Gasteiger partial charge in [-0.25, -0.2) is 0 Å². The summed E-state index contributed by atoms with van der Waals surface area (Å²) in [5.41, 5.74) is 0.406. The third-order valence-corrected chi connectivity index (χ3v) is 2.28. The van der Waals surface area contributed by atoms with E-state index in [2.05, 4.69) is 0 Å². The molecule has 6 heteroatoms. The van der Waals surface area contributed by atoms with Crippen LogP contribution in [-0.4, -0.2) is 29.7 Å². The molecule has 0 heterocycles. The number of likely N-dealkylation sites (N-methyl/N-ethyl adjacent to an activating group) is 1. The number of benzene rings is 1. The smallest absolute Gasteiger partial charge is 0.289 e. The third kappa shape index (κ3) is 3.16. The summed E-state index contributed by atoms with van der Waals surface area (Å²) < 4.78 is 0. The third-order valence-electron chi connectivity index (χ3n) is 2.28. The zero-order valence-electron chi connectivity index (χ0n) is 9.62. The Morgan fingerprint density at radius 2 is 2.29 bits per heavy atom. The second-order valence-electron chi connectivity index (χ2n) is 3.80. The topological polar surface area (TPSA) is 90.4 Å². The highest BCUT2D eigenvalue weighted by atomic mass is 16.6. The minimum absolute atomic E-state index is 0.0317. The molecule has 0 aliphatic rings. The zero-order chi connectivity index (χ0) is 13.0. The van der Waals surface area contributed by atoms with Gasteiger partial charge in [-0.2, -0.15) is 5.26 Å². The number of rotatable bonds is 4. The van der Waals surface area contributed by atoms with Gasteiger partial charge in [-0.15, -0.1) is 0 Å². The van der Waals surface area contributed by atoms with Crippen LogP contribution in [0.5, 0.6) is 0 Å². The monoisotopic (exact) mass is 235 g/mol. The van der Waals surface area contributed by atoms with Crippen LogP contribution in [0.25, 0.3) is 0 Å². The lowest BCUT2D eigenvalue weighted by atomic mass is 10.1. The Labute approximate surface area is 98.9 Å². The van der Waals surface area contributed by atoms with Crippen LogP contribution in [0.3, 0.4) is 0 Å². The first-order chi connectivity index (χ1) is 7.95. The van der Waals surface area contributed by atoms with E-state index in [-0.39, 0.29) is 11.3 Å². The molecule has 0 aliphatic heterocycles. The van der Waals surface area contributed by atoms with Gasteiger partial charge < -0.3 is 10.0 Å². The molecule has 6 nitrogen and oxygen atoms in total. The fourth-order valence-corrected chi connectivity index (χ4v) is 1.50. The van der Waals surface area contributed by atoms with Gasteiger partial charge >= 0.3 is 0 Å². The first kappa shape index (κ1) is 12.9. The van der Waals surface area contributed by atoms with Crippen molar-refractivity contribution in [2.75, 3.05) is 18.5 Å². The fourth-order valence-electron chi connectivity index (χ4n) is 1.50. The molecular formula is C11H13N3O3. The van der Waals surface area contributed by atoms with E-state index in [4.69, 9.17) is 5.26 Å². The standard InChI is InChI=1S/C11H13N3O3/c1-8(15)7-13(2)10-4-3-9(6-12)11(5-10)14(16)17/h3-5,8,15H,7H2,1-2H3. The van der Waals surface area contributed by atoms with Gasteiger partial charge in [-0.3, -0.25) is 10.1 Å². The number of hydrogen-bond acceptors (Lipinski definition) is 5. The lowest BCUT2D eigenvalue weighted by Crippen LogP contribution is -2.26. The summed E-state index contributed by atoms with van der Waals surface area (Å²) in [6.07, 6.45) is -0.533. The van der Waals surface area contributed by atoms with Crippen LogP contribution in [-0.2, 0) is 0 Å².